The zero-order chi connectivity index (χ0) is 14.0. The first kappa shape index (κ1) is 13.9. The molecule has 6 heteroatoms. The Labute approximate surface area is 120 Å². The number of nitrogens with zero attached hydrogens (tertiary/aromatic N) is 1. The van der Waals surface area contributed by atoms with Crippen LogP contribution in [0.1, 0.15) is 5.56 Å². The Hall–Kier alpha value is -1.52. The molecule has 0 aliphatic rings. The molecule has 1 aromatic heterocycles. The maximum Gasteiger partial charge on any atom is 0.151 e. The van der Waals surface area contributed by atoms with Crippen molar-refractivity contribution in [1.82, 2.24) is 4.98 Å². The number of pyridine rings is 1. The minimum Gasteiger partial charge on any atom is -0.372 e. The van der Waals surface area contributed by atoms with Gasteiger partial charge in [0.25, 0.3) is 0 Å². The molecule has 2 rings (SSSR count). The van der Waals surface area contributed by atoms with Gasteiger partial charge in [-0.3, -0.25) is 0 Å². The largest absolute Gasteiger partial charge is 0.372 e. The molecule has 0 atom stereocenters. The smallest absolute Gasteiger partial charge is 0.151 e. The third-order valence-electron chi connectivity index (χ3n) is 2.63. The quantitative estimate of drug-likeness (QED) is 0.868. The monoisotopic (exact) mass is 299 g/mol. The Kier molecular flexibility index (Phi) is 4.12. The van der Waals surface area contributed by atoms with Crippen LogP contribution >= 0.6 is 23.2 Å². The lowest BCUT2D eigenvalue weighted by Crippen LogP contribution is -2.02. The predicted octanol–water partition coefficient (Wildman–Crippen LogP) is 4.62. The number of para-hydroxylation sites is 1. The third-order valence-corrected chi connectivity index (χ3v) is 3.21. The van der Waals surface area contributed by atoms with Gasteiger partial charge in [0.05, 0.1) is 15.7 Å². The van der Waals surface area contributed by atoms with Gasteiger partial charge in [0.1, 0.15) is 11.6 Å². The Morgan fingerprint density at radius 2 is 1.84 bits per heavy atom. The van der Waals surface area contributed by atoms with E-state index in [0.717, 1.165) is 5.56 Å². The van der Waals surface area contributed by atoms with E-state index in [1.165, 1.54) is 6.07 Å². The first-order valence-electron chi connectivity index (χ1n) is 5.59. The number of halogens is 3. The molecule has 0 fully saturated rings. The molecule has 0 bridgehead atoms. The van der Waals surface area contributed by atoms with Crippen molar-refractivity contribution in [2.24, 2.45) is 0 Å². The van der Waals surface area contributed by atoms with Gasteiger partial charge >= 0.3 is 0 Å². The number of hydrogen-bond donors (Lipinski definition) is 2. The second kappa shape index (κ2) is 5.63. The SMILES string of the molecule is CNc1nc(Nc2c(C)cccc2F)c(Cl)cc1Cl. The van der Waals surface area contributed by atoms with Crippen LogP contribution in [0, 0.1) is 12.7 Å². The van der Waals surface area contributed by atoms with Crippen molar-refractivity contribution in [3.8, 4) is 0 Å². The fraction of sp³-hybridized carbons (Fsp3) is 0.154. The molecule has 0 saturated heterocycles. The Morgan fingerprint density at radius 3 is 2.47 bits per heavy atom. The minimum absolute atomic E-state index is 0.326. The maximum absolute atomic E-state index is 13.8. The molecule has 0 aliphatic carbocycles. The van der Waals surface area contributed by atoms with Crippen molar-refractivity contribution in [1.29, 1.82) is 0 Å². The first-order chi connectivity index (χ1) is 9.02. The number of rotatable bonds is 3. The summed E-state index contributed by atoms with van der Waals surface area (Å²) >= 11 is 12.0. The van der Waals surface area contributed by atoms with Crippen LogP contribution in [0.4, 0.5) is 21.7 Å². The van der Waals surface area contributed by atoms with Gasteiger partial charge in [0, 0.05) is 7.05 Å². The topological polar surface area (TPSA) is 37.0 Å². The highest BCUT2D eigenvalue weighted by Gasteiger charge is 2.12. The fourth-order valence-corrected chi connectivity index (χ4v) is 2.14. The summed E-state index contributed by atoms with van der Waals surface area (Å²) in [5.41, 5.74) is 1.11. The number of nitrogens with one attached hydrogen (secondary N) is 2. The fourth-order valence-electron chi connectivity index (χ4n) is 1.64. The summed E-state index contributed by atoms with van der Waals surface area (Å²) in [6, 6.07) is 6.37. The predicted molar refractivity (Wildman–Crippen MR) is 78.2 cm³/mol. The molecular weight excluding hydrogens is 288 g/mol. The second-order valence-corrected chi connectivity index (χ2v) is 4.77. The normalized spacial score (nSPS) is 10.4. The van der Waals surface area contributed by atoms with Gasteiger partial charge in [-0.25, -0.2) is 9.37 Å². The minimum atomic E-state index is -0.362. The van der Waals surface area contributed by atoms with Crippen LogP contribution in [0.3, 0.4) is 0 Å². The van der Waals surface area contributed by atoms with E-state index >= 15 is 0 Å². The van der Waals surface area contributed by atoms with Gasteiger partial charge in [0.2, 0.25) is 0 Å². The van der Waals surface area contributed by atoms with Crippen LogP contribution in [0.15, 0.2) is 24.3 Å². The van der Waals surface area contributed by atoms with E-state index < -0.39 is 0 Å². The Morgan fingerprint density at radius 1 is 1.16 bits per heavy atom. The summed E-state index contributed by atoms with van der Waals surface area (Å²) in [7, 11) is 1.69. The van der Waals surface area contributed by atoms with E-state index in [9.17, 15) is 4.39 Å². The van der Waals surface area contributed by atoms with Crippen molar-refractivity contribution in [3.63, 3.8) is 0 Å². The van der Waals surface area contributed by atoms with Crippen LogP contribution in [0.2, 0.25) is 10.0 Å². The zero-order valence-corrected chi connectivity index (χ0v) is 11.9. The lowest BCUT2D eigenvalue weighted by atomic mass is 10.2. The Bertz CT molecular complexity index is 597. The molecule has 0 unspecified atom stereocenters. The molecule has 2 N–H and O–H groups in total. The van der Waals surface area contributed by atoms with E-state index in [1.807, 2.05) is 0 Å². The summed E-state index contributed by atoms with van der Waals surface area (Å²) in [6.07, 6.45) is 0. The zero-order valence-electron chi connectivity index (χ0n) is 10.4. The van der Waals surface area contributed by atoms with Gasteiger partial charge in [0.15, 0.2) is 5.82 Å². The molecule has 19 heavy (non-hydrogen) atoms. The molecule has 100 valence electrons. The van der Waals surface area contributed by atoms with Crippen LogP contribution in [0.5, 0.6) is 0 Å². The van der Waals surface area contributed by atoms with E-state index in [0.29, 0.717) is 27.4 Å². The average Bonchev–Trinajstić information content (AvgIpc) is 2.36. The highest BCUT2D eigenvalue weighted by atomic mass is 35.5. The van der Waals surface area contributed by atoms with Gasteiger partial charge in [-0.05, 0) is 24.6 Å². The van der Waals surface area contributed by atoms with Gasteiger partial charge in [-0.2, -0.15) is 0 Å². The lowest BCUT2D eigenvalue weighted by Gasteiger charge is -2.13. The van der Waals surface area contributed by atoms with Crippen LogP contribution in [-0.4, -0.2) is 12.0 Å². The highest BCUT2D eigenvalue weighted by molar-refractivity contribution is 6.37. The number of aromatic nitrogens is 1. The van der Waals surface area contributed by atoms with Gasteiger partial charge in [-0.15, -0.1) is 0 Å². The van der Waals surface area contributed by atoms with E-state index in [1.54, 1.807) is 32.2 Å². The first-order valence-corrected chi connectivity index (χ1v) is 6.34. The molecule has 1 aromatic carbocycles. The van der Waals surface area contributed by atoms with Crippen molar-refractivity contribution >= 4 is 40.5 Å². The molecule has 0 spiro atoms. The molecule has 3 nitrogen and oxygen atoms in total. The van der Waals surface area contributed by atoms with Gasteiger partial charge in [-0.1, -0.05) is 35.3 Å². The molecule has 0 aliphatic heterocycles. The van der Waals surface area contributed by atoms with Crippen LogP contribution < -0.4 is 10.6 Å². The summed E-state index contributed by atoms with van der Waals surface area (Å²) in [4.78, 5) is 4.22. The van der Waals surface area contributed by atoms with Gasteiger partial charge < -0.3 is 10.6 Å². The average molecular weight is 300 g/mol. The van der Waals surface area contributed by atoms with E-state index in [2.05, 4.69) is 15.6 Å². The molecule has 0 amide bonds. The molecule has 1 heterocycles. The molecule has 0 saturated carbocycles. The van der Waals surface area contributed by atoms with Crippen molar-refractivity contribution in [3.05, 3.63) is 45.7 Å². The van der Waals surface area contributed by atoms with Crippen LogP contribution in [-0.2, 0) is 0 Å². The highest BCUT2D eigenvalue weighted by Crippen LogP contribution is 2.32. The summed E-state index contributed by atoms with van der Waals surface area (Å²) in [5, 5.41) is 6.47. The third kappa shape index (κ3) is 2.91. The number of aryl methyl sites for hydroxylation is 1. The molecule has 2 aromatic rings. The maximum atomic E-state index is 13.8. The summed E-state index contributed by atoms with van der Waals surface area (Å²) < 4.78 is 13.8. The van der Waals surface area contributed by atoms with Crippen molar-refractivity contribution in [2.45, 2.75) is 6.92 Å². The molecule has 0 radical (unpaired) electrons. The lowest BCUT2D eigenvalue weighted by molar-refractivity contribution is 0.631. The van der Waals surface area contributed by atoms with Crippen LogP contribution in [0.25, 0.3) is 0 Å². The Balaban J connectivity index is 2.44. The molecular formula is C13H12Cl2FN3. The van der Waals surface area contributed by atoms with E-state index in [-0.39, 0.29) is 5.82 Å². The standard InChI is InChI=1S/C13H12Cl2FN3/c1-7-4-3-5-10(16)11(7)18-13-9(15)6-8(14)12(17-2)19-13/h3-6H,1-2H3,(H2,17,18,19). The summed E-state index contributed by atoms with van der Waals surface area (Å²) in [6.45, 7) is 1.80. The number of benzene rings is 1. The van der Waals surface area contributed by atoms with E-state index in [4.69, 9.17) is 23.2 Å². The number of hydrogen-bond acceptors (Lipinski definition) is 3. The van der Waals surface area contributed by atoms with Crippen molar-refractivity contribution < 1.29 is 4.39 Å². The number of anilines is 3. The second-order valence-electron chi connectivity index (χ2n) is 3.96. The van der Waals surface area contributed by atoms with Crippen molar-refractivity contribution in [2.75, 3.05) is 17.7 Å². The summed E-state index contributed by atoms with van der Waals surface area (Å²) in [5.74, 6) is 0.463.